The monoisotopic (exact) mass is 739 g/mol. The number of nitrogens with zero attached hydrogens (tertiary/aromatic N) is 1. The van der Waals surface area contributed by atoms with Gasteiger partial charge in [-0.05, 0) is 110 Å². The molecule has 0 spiro atoms. The van der Waals surface area contributed by atoms with Crippen LogP contribution in [0.15, 0.2) is 206 Å². The summed E-state index contributed by atoms with van der Waals surface area (Å²) in [4.78, 5) is 1.47. The molecular weight excluding hydrogens is 695 g/mol. The highest BCUT2D eigenvalue weighted by atomic mass is 32.1. The lowest BCUT2D eigenvalue weighted by Crippen LogP contribution is -2.22. The molecule has 10 aromatic rings. The Morgan fingerprint density at radius 1 is 0.482 bits per heavy atom. The molecule has 0 saturated carbocycles. The Morgan fingerprint density at radius 2 is 1.16 bits per heavy atom. The molecule has 0 bridgehead atoms. The Morgan fingerprint density at radius 3 is 2.05 bits per heavy atom. The van der Waals surface area contributed by atoms with E-state index in [0.29, 0.717) is 16.8 Å². The van der Waals surface area contributed by atoms with Gasteiger partial charge in [-0.25, -0.2) is 0 Å². The zero-order valence-corrected chi connectivity index (χ0v) is 31.2. The second-order valence-corrected chi connectivity index (χ2v) is 15.4. The van der Waals surface area contributed by atoms with E-state index in [1.807, 2.05) is 127 Å². The summed E-state index contributed by atoms with van der Waals surface area (Å²) in [6.45, 7) is 2.17. The fraction of sp³-hybridized carbons (Fsp3) is 0.0370. The fourth-order valence-electron chi connectivity index (χ4n) is 8.59. The van der Waals surface area contributed by atoms with E-state index in [2.05, 4.69) is 31.2 Å². The molecule has 1 aliphatic carbocycles. The van der Waals surface area contributed by atoms with Crippen molar-refractivity contribution < 1.29 is 11.0 Å². The Kier molecular flexibility index (Phi) is 5.86. The lowest BCUT2D eigenvalue weighted by atomic mass is 9.74. The Balaban J connectivity index is 1.23. The van der Waals surface area contributed by atoms with Crippen molar-refractivity contribution in [1.29, 1.82) is 0 Å². The number of fused-ring (bicyclic) bond motifs is 7. The van der Waals surface area contributed by atoms with Crippen LogP contribution in [0.1, 0.15) is 34.6 Å². The van der Waals surface area contributed by atoms with Crippen LogP contribution in [0, 0.1) is 0 Å². The summed E-state index contributed by atoms with van der Waals surface area (Å²) in [5.74, 6) is 0. The van der Waals surface area contributed by atoms with Crippen LogP contribution in [-0.4, -0.2) is 0 Å². The molecule has 56 heavy (non-hydrogen) atoms. The van der Waals surface area contributed by atoms with Crippen molar-refractivity contribution in [2.24, 2.45) is 0 Å². The van der Waals surface area contributed by atoms with E-state index in [1.54, 1.807) is 6.07 Å². The first-order chi connectivity index (χ1) is 31.0. The molecule has 9 aromatic carbocycles. The second kappa shape index (κ2) is 12.9. The van der Waals surface area contributed by atoms with Crippen LogP contribution < -0.4 is 4.90 Å². The van der Waals surface area contributed by atoms with E-state index >= 15 is 0 Å². The van der Waals surface area contributed by atoms with E-state index in [9.17, 15) is 11.0 Å². The van der Waals surface area contributed by atoms with Crippen molar-refractivity contribution in [2.45, 2.75) is 12.3 Å². The summed E-state index contributed by atoms with van der Waals surface area (Å²) in [5, 5.41) is 3.64. The van der Waals surface area contributed by atoms with Crippen LogP contribution in [0.3, 0.4) is 0 Å². The van der Waals surface area contributed by atoms with Gasteiger partial charge in [0.05, 0.1) is 11.0 Å². The molecule has 0 N–H and O–H groups in total. The highest BCUT2D eigenvalue weighted by molar-refractivity contribution is 7.26. The third-order valence-corrected chi connectivity index (χ3v) is 12.5. The minimum Gasteiger partial charge on any atom is -0.310 e. The average molecular weight is 740 g/mol. The van der Waals surface area contributed by atoms with E-state index in [0.717, 1.165) is 58.8 Å². The van der Waals surface area contributed by atoms with Crippen molar-refractivity contribution in [3.8, 4) is 33.4 Å². The predicted molar refractivity (Wildman–Crippen MR) is 240 cm³/mol. The average Bonchev–Trinajstić information content (AvgIpc) is 3.83. The number of hydrogen-bond donors (Lipinski definition) is 0. The van der Waals surface area contributed by atoms with Gasteiger partial charge < -0.3 is 4.90 Å². The van der Waals surface area contributed by atoms with E-state index in [4.69, 9.17) is 0 Å². The van der Waals surface area contributed by atoms with Gasteiger partial charge in [-0.2, -0.15) is 0 Å². The SMILES string of the molecule is [2H]c1c([2H])c(-c2cccc3c2sc2ccccc23)c([2H])c(N(c2ccc3c(c2)C(C)(c2ccccc2)c2ccccc2-3)c2c([2H])c([2H])c(-c3cccc4ccccc34)c([2H])c2[2H])c1[2H]. The van der Waals surface area contributed by atoms with Gasteiger partial charge in [0.1, 0.15) is 0 Å². The Bertz CT molecular complexity index is 3550. The number of hydrogen-bond acceptors (Lipinski definition) is 2. The molecule has 0 radical (unpaired) electrons. The maximum atomic E-state index is 10.1. The van der Waals surface area contributed by atoms with Crippen LogP contribution in [0.2, 0.25) is 0 Å². The predicted octanol–water partition coefficient (Wildman–Crippen LogP) is 15.3. The van der Waals surface area contributed by atoms with Gasteiger partial charge >= 0.3 is 0 Å². The van der Waals surface area contributed by atoms with Crippen LogP contribution in [0.25, 0.3) is 64.3 Å². The second-order valence-electron chi connectivity index (χ2n) is 14.4. The van der Waals surface area contributed by atoms with Gasteiger partial charge in [0.15, 0.2) is 0 Å². The molecule has 1 aromatic heterocycles. The molecule has 0 fully saturated rings. The van der Waals surface area contributed by atoms with Crippen molar-refractivity contribution in [3.05, 3.63) is 223 Å². The summed E-state index contributed by atoms with van der Waals surface area (Å²) in [6, 6.07) is 48.5. The fourth-order valence-corrected chi connectivity index (χ4v) is 9.81. The molecule has 1 heterocycles. The minimum atomic E-state index is -0.664. The first-order valence-electron chi connectivity index (χ1n) is 22.7. The molecule has 1 aliphatic rings. The maximum Gasteiger partial charge on any atom is 0.0651 e. The number of benzene rings is 9. The van der Waals surface area contributed by atoms with Gasteiger partial charge in [-0.1, -0.05) is 164 Å². The lowest BCUT2D eigenvalue weighted by molar-refractivity contribution is 0.714. The summed E-state index contributed by atoms with van der Waals surface area (Å²) in [6.07, 6.45) is 0. The molecule has 0 aliphatic heterocycles. The van der Waals surface area contributed by atoms with E-state index in [1.165, 1.54) is 16.2 Å². The van der Waals surface area contributed by atoms with Crippen LogP contribution in [0.4, 0.5) is 17.1 Å². The molecule has 0 saturated heterocycles. The third kappa shape index (κ3) is 5.07. The van der Waals surface area contributed by atoms with Crippen molar-refractivity contribution in [1.82, 2.24) is 0 Å². The van der Waals surface area contributed by atoms with Gasteiger partial charge in [-0.15, -0.1) is 11.3 Å². The molecule has 1 nitrogen and oxygen atoms in total. The first-order valence-corrected chi connectivity index (χ1v) is 19.5. The number of thiophene rings is 1. The van der Waals surface area contributed by atoms with Crippen LogP contribution >= 0.6 is 11.3 Å². The number of rotatable bonds is 6. The summed E-state index contributed by atoms with van der Waals surface area (Å²) in [7, 11) is 0. The minimum absolute atomic E-state index is 0.121. The van der Waals surface area contributed by atoms with Gasteiger partial charge in [-0.3, -0.25) is 0 Å². The normalized spacial score (nSPS) is 16.6. The highest BCUT2D eigenvalue weighted by Crippen LogP contribution is 2.54. The molecule has 2 heteroatoms. The summed E-state index contributed by atoms with van der Waals surface area (Å²) in [5.41, 5.74) is 5.92. The molecule has 1 atom stereocenters. The maximum absolute atomic E-state index is 10.1. The largest absolute Gasteiger partial charge is 0.310 e. The lowest BCUT2D eigenvalue weighted by Gasteiger charge is -2.31. The van der Waals surface area contributed by atoms with Crippen molar-refractivity contribution in [3.63, 3.8) is 0 Å². The highest BCUT2D eigenvalue weighted by Gasteiger charge is 2.41. The first kappa shape index (κ1) is 25.4. The topological polar surface area (TPSA) is 3.24 Å². The molecule has 1 unspecified atom stereocenters. The molecule has 11 rings (SSSR count). The van der Waals surface area contributed by atoms with Crippen molar-refractivity contribution in [2.75, 3.05) is 4.90 Å². The standard InChI is InChI=1S/C54H37NS/c1-54(39-17-3-2-4-18-39)50-26-9-7-21-46(50)47-33-32-42(35-51(47)54)55(40-30-28-37(29-31-40)44-23-12-15-36-14-5-6-20-43(36)44)41-19-11-16-38(34-41)45-24-13-25-49-48-22-8-10-27-52(48)56-53(45)49/h2-35H,1H3/i11D,16D,19D,28D,29D,30D,31D,34D. The van der Waals surface area contributed by atoms with Crippen LogP contribution in [-0.2, 0) is 5.41 Å². The van der Waals surface area contributed by atoms with Gasteiger partial charge in [0.2, 0.25) is 0 Å². The molecule has 0 amide bonds. The van der Waals surface area contributed by atoms with Crippen LogP contribution in [0.5, 0.6) is 0 Å². The summed E-state index contributed by atoms with van der Waals surface area (Å²) < 4.78 is 79.2. The van der Waals surface area contributed by atoms with E-state index in [-0.39, 0.29) is 58.8 Å². The molecule has 264 valence electrons. The smallest absolute Gasteiger partial charge is 0.0651 e. The Hall–Kier alpha value is -6.74. The zero-order valence-electron chi connectivity index (χ0n) is 38.4. The van der Waals surface area contributed by atoms with Crippen molar-refractivity contribution >= 4 is 59.3 Å². The zero-order chi connectivity index (χ0) is 44.2. The van der Waals surface area contributed by atoms with Gasteiger partial charge in [0, 0.05) is 42.6 Å². The summed E-state index contributed by atoms with van der Waals surface area (Å²) >= 11 is 1.53. The van der Waals surface area contributed by atoms with Gasteiger partial charge in [0.25, 0.3) is 0 Å². The number of anilines is 3. The molecular formula is C54H37NS. The Labute approximate surface area is 342 Å². The quantitative estimate of drug-likeness (QED) is 0.164. The van der Waals surface area contributed by atoms with E-state index < -0.39 is 17.5 Å². The third-order valence-electron chi connectivity index (χ3n) is 11.3.